The van der Waals surface area contributed by atoms with Crippen molar-refractivity contribution in [2.45, 2.75) is 6.61 Å². The number of rotatable bonds is 6. The van der Waals surface area contributed by atoms with Crippen LogP contribution in [0.3, 0.4) is 0 Å². The first-order chi connectivity index (χ1) is 15.5. The highest BCUT2D eigenvalue weighted by Gasteiger charge is 2.36. The summed E-state index contributed by atoms with van der Waals surface area (Å²) in [5.74, 6) is 0.749. The molecule has 8 heteroatoms. The summed E-state index contributed by atoms with van der Waals surface area (Å²) in [6.45, 7) is 0.390. The quantitative estimate of drug-likeness (QED) is 0.222. The number of hydrogen-bond acceptors (Lipinski definition) is 5. The molecule has 0 spiro atoms. The number of imide groups is 1. The van der Waals surface area contributed by atoms with Crippen LogP contribution in [0.15, 0.2) is 76.1 Å². The van der Waals surface area contributed by atoms with Gasteiger partial charge in [-0.15, -0.1) is 0 Å². The van der Waals surface area contributed by atoms with Crippen molar-refractivity contribution in [1.29, 1.82) is 0 Å². The number of ether oxygens (including phenoxy) is 2. The number of nitrogens with zero attached hydrogens (tertiary/aromatic N) is 1. The summed E-state index contributed by atoms with van der Waals surface area (Å²) in [6.07, 6.45) is 1.68. The molecule has 5 nitrogen and oxygen atoms in total. The maximum atomic E-state index is 12.9. The Bertz CT molecular complexity index is 1200. The van der Waals surface area contributed by atoms with Crippen LogP contribution < -0.4 is 14.4 Å². The Hall–Kier alpha value is -2.30. The predicted octanol–water partition coefficient (Wildman–Crippen LogP) is 6.88. The zero-order valence-electron chi connectivity index (χ0n) is 16.9. The lowest BCUT2D eigenvalue weighted by Gasteiger charge is -2.14. The van der Waals surface area contributed by atoms with E-state index in [-0.39, 0.29) is 11.1 Å². The molecule has 0 aliphatic carbocycles. The molecule has 0 bridgehead atoms. The van der Waals surface area contributed by atoms with Crippen molar-refractivity contribution in [2.24, 2.45) is 0 Å². The van der Waals surface area contributed by atoms with Crippen LogP contribution in [0.1, 0.15) is 11.1 Å². The van der Waals surface area contributed by atoms with Crippen molar-refractivity contribution < 1.29 is 19.1 Å². The number of para-hydroxylation sites is 1. The summed E-state index contributed by atoms with van der Waals surface area (Å²) < 4.78 is 13.4. The number of amides is 2. The van der Waals surface area contributed by atoms with Crippen molar-refractivity contribution in [1.82, 2.24) is 0 Å². The molecule has 1 fully saturated rings. The third-order valence-electron chi connectivity index (χ3n) is 4.65. The normalized spacial score (nSPS) is 14.8. The molecule has 1 aliphatic heterocycles. The number of hydrogen-bond donors (Lipinski definition) is 0. The van der Waals surface area contributed by atoms with Crippen LogP contribution in [0.5, 0.6) is 11.5 Å². The van der Waals surface area contributed by atoms with Gasteiger partial charge in [0.05, 0.1) is 22.2 Å². The summed E-state index contributed by atoms with van der Waals surface area (Å²) in [4.78, 5) is 26.8. The molecular weight excluding hydrogens is 605 g/mol. The Labute approximate surface area is 212 Å². The molecule has 0 saturated carbocycles. The second-order valence-corrected chi connectivity index (χ2v) is 9.90. The molecular formula is C24H17BrINO4S. The van der Waals surface area contributed by atoms with Gasteiger partial charge in [-0.3, -0.25) is 9.59 Å². The molecule has 3 aromatic carbocycles. The molecule has 0 unspecified atom stereocenters. The van der Waals surface area contributed by atoms with Crippen molar-refractivity contribution >= 4 is 73.2 Å². The lowest BCUT2D eigenvalue weighted by Crippen LogP contribution is -2.27. The largest absolute Gasteiger partial charge is 0.493 e. The van der Waals surface area contributed by atoms with Crippen LogP contribution in [-0.4, -0.2) is 18.3 Å². The molecule has 3 aromatic rings. The molecule has 162 valence electrons. The zero-order valence-corrected chi connectivity index (χ0v) is 21.4. The van der Waals surface area contributed by atoms with Gasteiger partial charge in [-0.05, 0) is 104 Å². The van der Waals surface area contributed by atoms with Gasteiger partial charge in [-0.1, -0.05) is 30.3 Å². The number of methoxy groups -OCH3 is 1. The first kappa shape index (κ1) is 22.9. The molecule has 0 N–H and O–H groups in total. The van der Waals surface area contributed by atoms with E-state index in [1.165, 1.54) is 4.90 Å². The lowest BCUT2D eigenvalue weighted by molar-refractivity contribution is -0.113. The first-order valence-corrected chi connectivity index (χ1v) is 12.2. The SMILES string of the molecule is COc1cc(/C=C2\SC(=O)N(c3ccccc3)C2=O)cc(Br)c1OCc1ccc(I)cc1. The number of anilines is 1. The number of halogens is 2. The van der Waals surface area contributed by atoms with E-state index in [4.69, 9.17) is 9.47 Å². The molecule has 0 radical (unpaired) electrons. The summed E-state index contributed by atoms with van der Waals surface area (Å²) in [6, 6.07) is 20.6. The molecule has 0 atom stereocenters. The van der Waals surface area contributed by atoms with Gasteiger partial charge in [0.1, 0.15) is 6.61 Å². The van der Waals surface area contributed by atoms with E-state index in [2.05, 4.69) is 38.5 Å². The highest BCUT2D eigenvalue weighted by Crippen LogP contribution is 2.40. The van der Waals surface area contributed by atoms with Gasteiger partial charge in [-0.2, -0.15) is 0 Å². The van der Waals surface area contributed by atoms with Crippen LogP contribution in [0, 0.1) is 3.57 Å². The van der Waals surface area contributed by atoms with Crippen molar-refractivity contribution in [3.05, 3.63) is 90.8 Å². The van der Waals surface area contributed by atoms with Gasteiger partial charge in [0.15, 0.2) is 11.5 Å². The van der Waals surface area contributed by atoms with Gasteiger partial charge in [-0.25, -0.2) is 4.90 Å². The second kappa shape index (κ2) is 10.1. The van der Waals surface area contributed by atoms with Crippen molar-refractivity contribution in [3.63, 3.8) is 0 Å². The Morgan fingerprint density at radius 1 is 1.06 bits per heavy atom. The minimum absolute atomic E-state index is 0.323. The van der Waals surface area contributed by atoms with Gasteiger partial charge >= 0.3 is 0 Å². The maximum Gasteiger partial charge on any atom is 0.298 e. The van der Waals surface area contributed by atoms with E-state index in [9.17, 15) is 9.59 Å². The Kier molecular flexibility index (Phi) is 7.22. The Morgan fingerprint density at radius 2 is 1.78 bits per heavy atom. The molecule has 0 aromatic heterocycles. The van der Waals surface area contributed by atoms with Crippen molar-refractivity contribution in [2.75, 3.05) is 12.0 Å². The number of carbonyl (C=O) groups excluding carboxylic acids is 2. The number of benzene rings is 3. The summed E-state index contributed by atoms with van der Waals surface area (Å²) in [5, 5.41) is -0.323. The third kappa shape index (κ3) is 5.02. The van der Waals surface area contributed by atoms with E-state index in [0.29, 0.717) is 38.7 Å². The second-order valence-electron chi connectivity index (χ2n) is 6.80. The summed E-state index contributed by atoms with van der Waals surface area (Å²) in [5.41, 5.74) is 2.31. The monoisotopic (exact) mass is 621 g/mol. The summed E-state index contributed by atoms with van der Waals surface area (Å²) >= 11 is 6.72. The molecule has 32 heavy (non-hydrogen) atoms. The average Bonchev–Trinajstić information content (AvgIpc) is 3.07. The maximum absolute atomic E-state index is 12.9. The van der Waals surface area contributed by atoms with Crippen LogP contribution in [0.25, 0.3) is 6.08 Å². The van der Waals surface area contributed by atoms with Crippen molar-refractivity contribution in [3.8, 4) is 11.5 Å². The zero-order chi connectivity index (χ0) is 22.7. The molecule has 1 saturated heterocycles. The fraction of sp³-hybridized carbons (Fsp3) is 0.0833. The minimum Gasteiger partial charge on any atom is -0.493 e. The molecule has 4 rings (SSSR count). The fourth-order valence-electron chi connectivity index (χ4n) is 3.12. The molecule has 2 amide bonds. The van der Waals surface area contributed by atoms with E-state index in [1.807, 2.05) is 36.4 Å². The van der Waals surface area contributed by atoms with Gasteiger partial charge in [0, 0.05) is 3.57 Å². The van der Waals surface area contributed by atoms with Gasteiger partial charge in [0.2, 0.25) is 0 Å². The average molecular weight is 622 g/mol. The van der Waals surface area contributed by atoms with Crippen LogP contribution >= 0.6 is 50.3 Å². The van der Waals surface area contributed by atoms with E-state index >= 15 is 0 Å². The van der Waals surface area contributed by atoms with E-state index in [0.717, 1.165) is 20.9 Å². The number of thioether (sulfide) groups is 1. The van der Waals surface area contributed by atoms with Crippen LogP contribution in [-0.2, 0) is 11.4 Å². The van der Waals surface area contributed by atoms with Crippen LogP contribution in [0.4, 0.5) is 10.5 Å². The standard InChI is InChI=1S/C24H17BrINO4S/c1-30-20-12-16(11-19(25)22(20)31-14-15-7-9-17(26)10-8-15)13-21-23(28)27(24(29)32-21)18-5-3-2-4-6-18/h2-13H,14H2,1H3/b21-13-. The predicted molar refractivity (Wildman–Crippen MR) is 139 cm³/mol. The Balaban J connectivity index is 1.57. The fourth-order valence-corrected chi connectivity index (χ4v) is 4.89. The minimum atomic E-state index is -0.347. The Morgan fingerprint density at radius 3 is 2.47 bits per heavy atom. The topological polar surface area (TPSA) is 55.8 Å². The number of carbonyl (C=O) groups is 2. The highest BCUT2D eigenvalue weighted by molar-refractivity contribution is 14.1. The van der Waals surface area contributed by atoms with Crippen LogP contribution in [0.2, 0.25) is 0 Å². The van der Waals surface area contributed by atoms with Gasteiger partial charge < -0.3 is 9.47 Å². The van der Waals surface area contributed by atoms with Gasteiger partial charge in [0.25, 0.3) is 11.1 Å². The van der Waals surface area contributed by atoms with E-state index in [1.54, 1.807) is 43.5 Å². The third-order valence-corrected chi connectivity index (χ3v) is 6.83. The molecule has 1 aliphatic rings. The molecule has 1 heterocycles. The smallest absolute Gasteiger partial charge is 0.298 e. The highest BCUT2D eigenvalue weighted by atomic mass is 127. The lowest BCUT2D eigenvalue weighted by atomic mass is 10.1. The first-order valence-electron chi connectivity index (χ1n) is 9.54. The summed E-state index contributed by atoms with van der Waals surface area (Å²) in [7, 11) is 1.56. The van der Waals surface area contributed by atoms with E-state index < -0.39 is 0 Å².